The highest BCUT2D eigenvalue weighted by atomic mass is 28.3. The van der Waals surface area contributed by atoms with Gasteiger partial charge in [0.05, 0.1) is 26.9 Å². The van der Waals surface area contributed by atoms with Crippen molar-refractivity contribution < 1.29 is 23.7 Å². The van der Waals surface area contributed by atoms with Crippen molar-refractivity contribution in [2.75, 3.05) is 33.7 Å². The Morgan fingerprint density at radius 3 is 2.44 bits per heavy atom. The van der Waals surface area contributed by atoms with Gasteiger partial charge >= 0.3 is 5.97 Å². The number of hydrogen-bond acceptors (Lipinski definition) is 5. The summed E-state index contributed by atoms with van der Waals surface area (Å²) in [5.41, 5.74) is 1.95. The van der Waals surface area contributed by atoms with Crippen molar-refractivity contribution in [3.63, 3.8) is 0 Å². The smallest absolute Gasteiger partial charge is 0.330 e. The van der Waals surface area contributed by atoms with Gasteiger partial charge in [-0.25, -0.2) is 4.79 Å². The molecule has 0 fully saturated rings. The second-order valence-corrected chi connectivity index (χ2v) is 12.9. The van der Waals surface area contributed by atoms with Crippen LogP contribution in [0.3, 0.4) is 0 Å². The number of methoxy groups -OCH3 is 1. The number of carbonyl (C=O) groups excluding carboxylic acids is 1. The first-order chi connectivity index (χ1) is 12.9. The van der Waals surface area contributed by atoms with E-state index in [1.54, 1.807) is 6.08 Å². The Hall–Kier alpha value is -1.73. The Morgan fingerprint density at radius 2 is 1.78 bits per heavy atom. The standard InChI is InChI=1S/C21H32O5Si/c1-23-21(22)11-10-20(17-26-18-25-14-15-27(2,3)4)12-13-24-16-19-8-6-5-7-9-19/h5-12H,13-18H2,1-4H3/b11-10+,20-12-. The molecule has 150 valence electrons. The fourth-order valence-electron chi connectivity index (χ4n) is 1.99. The third-order valence-corrected chi connectivity index (χ3v) is 5.35. The molecule has 0 saturated carbocycles. The fraction of sp³-hybridized carbons (Fsp3) is 0.476. The first kappa shape index (κ1) is 23.3. The van der Waals surface area contributed by atoms with Crippen molar-refractivity contribution in [3.8, 4) is 0 Å². The fourth-order valence-corrected chi connectivity index (χ4v) is 2.75. The van der Waals surface area contributed by atoms with Gasteiger partial charge in [-0.15, -0.1) is 0 Å². The number of carbonyl (C=O) groups is 1. The molecule has 0 unspecified atom stereocenters. The minimum absolute atomic E-state index is 0.235. The van der Waals surface area contributed by atoms with E-state index in [1.165, 1.54) is 13.2 Å². The number of ether oxygens (including phenoxy) is 4. The highest BCUT2D eigenvalue weighted by Gasteiger charge is 2.11. The van der Waals surface area contributed by atoms with E-state index in [2.05, 4.69) is 24.4 Å². The Balaban J connectivity index is 2.39. The number of esters is 1. The normalized spacial score (nSPS) is 12.5. The van der Waals surface area contributed by atoms with E-state index in [9.17, 15) is 4.79 Å². The van der Waals surface area contributed by atoms with Gasteiger partial charge in [-0.3, -0.25) is 0 Å². The molecule has 5 nitrogen and oxygen atoms in total. The molecule has 0 aliphatic heterocycles. The number of rotatable bonds is 13. The van der Waals surface area contributed by atoms with Crippen molar-refractivity contribution in [2.45, 2.75) is 32.3 Å². The first-order valence-electron chi connectivity index (χ1n) is 9.13. The second-order valence-electron chi connectivity index (χ2n) is 7.32. The molecule has 0 aromatic heterocycles. The summed E-state index contributed by atoms with van der Waals surface area (Å²) in [4.78, 5) is 11.3. The van der Waals surface area contributed by atoms with Crippen molar-refractivity contribution in [3.05, 3.63) is 59.7 Å². The van der Waals surface area contributed by atoms with Crippen molar-refractivity contribution in [1.82, 2.24) is 0 Å². The van der Waals surface area contributed by atoms with Crippen molar-refractivity contribution in [2.24, 2.45) is 0 Å². The maximum atomic E-state index is 11.3. The van der Waals surface area contributed by atoms with Crippen LogP contribution in [0.2, 0.25) is 25.7 Å². The molecular weight excluding hydrogens is 360 g/mol. The van der Waals surface area contributed by atoms with Crippen molar-refractivity contribution in [1.29, 1.82) is 0 Å². The Labute approximate surface area is 164 Å². The van der Waals surface area contributed by atoms with Crippen LogP contribution < -0.4 is 0 Å². The first-order valence-corrected chi connectivity index (χ1v) is 12.8. The van der Waals surface area contributed by atoms with E-state index in [0.29, 0.717) is 26.4 Å². The van der Waals surface area contributed by atoms with E-state index in [-0.39, 0.29) is 6.79 Å². The van der Waals surface area contributed by atoms with E-state index in [1.807, 2.05) is 36.4 Å². The maximum Gasteiger partial charge on any atom is 0.330 e. The quantitative estimate of drug-likeness (QED) is 0.126. The summed E-state index contributed by atoms with van der Waals surface area (Å²) in [6.07, 6.45) is 4.95. The van der Waals surface area contributed by atoms with E-state index < -0.39 is 14.0 Å². The Morgan fingerprint density at radius 1 is 1.04 bits per heavy atom. The monoisotopic (exact) mass is 392 g/mol. The SMILES string of the molecule is COC(=O)/C=C/C(=C/COCc1ccccc1)COCOCC[Si](C)(C)C. The minimum atomic E-state index is -1.09. The molecule has 0 heterocycles. The van der Waals surface area contributed by atoms with Gasteiger partial charge in [0.2, 0.25) is 0 Å². The van der Waals surface area contributed by atoms with Gasteiger partial charge in [-0.1, -0.05) is 56.0 Å². The number of hydrogen-bond donors (Lipinski definition) is 0. The molecule has 0 atom stereocenters. The van der Waals surface area contributed by atoms with Gasteiger partial charge in [0.25, 0.3) is 0 Å². The lowest BCUT2D eigenvalue weighted by Gasteiger charge is -2.15. The van der Waals surface area contributed by atoms with Gasteiger partial charge in [0, 0.05) is 20.8 Å². The summed E-state index contributed by atoms with van der Waals surface area (Å²) >= 11 is 0. The summed E-state index contributed by atoms with van der Waals surface area (Å²) in [5.74, 6) is -0.405. The average Bonchev–Trinajstić information content (AvgIpc) is 2.64. The third kappa shape index (κ3) is 13.1. The zero-order valence-corrected chi connectivity index (χ0v) is 17.9. The molecule has 0 aliphatic carbocycles. The second kappa shape index (κ2) is 13.4. The Bertz CT molecular complexity index is 590. The van der Waals surface area contributed by atoms with Crippen LogP contribution in [-0.2, 0) is 30.3 Å². The molecule has 0 amide bonds. The largest absolute Gasteiger partial charge is 0.466 e. The molecule has 6 heteroatoms. The van der Waals surface area contributed by atoms with Crippen LogP contribution in [-0.4, -0.2) is 47.8 Å². The summed E-state index contributed by atoms with van der Waals surface area (Å²) in [6, 6.07) is 11.1. The van der Waals surface area contributed by atoms with Crippen LogP contribution in [0.4, 0.5) is 0 Å². The minimum Gasteiger partial charge on any atom is -0.466 e. The highest BCUT2D eigenvalue weighted by molar-refractivity contribution is 6.76. The predicted octanol–water partition coefficient (Wildman–Crippen LogP) is 4.19. The van der Waals surface area contributed by atoms with Crippen LogP contribution in [0, 0.1) is 0 Å². The summed E-state index contributed by atoms with van der Waals surface area (Å²) in [5, 5.41) is 0. The molecule has 0 radical (unpaired) electrons. The molecule has 27 heavy (non-hydrogen) atoms. The number of benzene rings is 1. The van der Waals surface area contributed by atoms with Crippen LogP contribution in [0.5, 0.6) is 0 Å². The summed E-state index contributed by atoms with van der Waals surface area (Å²) in [6.45, 7) is 9.18. The zero-order chi connectivity index (χ0) is 20.0. The molecule has 0 spiro atoms. The third-order valence-electron chi connectivity index (χ3n) is 3.64. The van der Waals surface area contributed by atoms with Gasteiger partial charge in [-0.2, -0.15) is 0 Å². The van der Waals surface area contributed by atoms with E-state index in [0.717, 1.165) is 17.2 Å². The van der Waals surface area contributed by atoms with Gasteiger partial charge in [-0.05, 0) is 23.3 Å². The molecule has 0 aliphatic rings. The predicted molar refractivity (Wildman–Crippen MR) is 110 cm³/mol. The summed E-state index contributed by atoms with van der Waals surface area (Å²) in [7, 11) is 0.259. The summed E-state index contributed by atoms with van der Waals surface area (Å²) < 4.78 is 21.4. The molecule has 0 saturated heterocycles. The topological polar surface area (TPSA) is 54.0 Å². The molecular formula is C21H32O5Si. The molecule has 1 aromatic rings. The molecule has 1 aromatic carbocycles. The van der Waals surface area contributed by atoms with E-state index in [4.69, 9.17) is 14.2 Å². The van der Waals surface area contributed by atoms with Gasteiger partial charge in [0.1, 0.15) is 6.79 Å². The van der Waals surface area contributed by atoms with Crippen LogP contribution in [0.25, 0.3) is 0 Å². The van der Waals surface area contributed by atoms with Crippen LogP contribution in [0.15, 0.2) is 54.1 Å². The Kier molecular flexibility index (Phi) is 11.6. The lowest BCUT2D eigenvalue weighted by atomic mass is 10.2. The molecule has 0 N–H and O–H groups in total. The van der Waals surface area contributed by atoms with Gasteiger partial charge < -0.3 is 18.9 Å². The lowest BCUT2D eigenvalue weighted by Crippen LogP contribution is -2.22. The highest BCUT2D eigenvalue weighted by Crippen LogP contribution is 2.08. The van der Waals surface area contributed by atoms with E-state index >= 15 is 0 Å². The molecule has 1 rings (SSSR count). The zero-order valence-electron chi connectivity index (χ0n) is 16.9. The lowest BCUT2D eigenvalue weighted by molar-refractivity contribution is -0.134. The maximum absolute atomic E-state index is 11.3. The van der Waals surface area contributed by atoms with Crippen LogP contribution >= 0.6 is 0 Å². The van der Waals surface area contributed by atoms with Crippen molar-refractivity contribution >= 4 is 14.0 Å². The molecule has 0 bridgehead atoms. The van der Waals surface area contributed by atoms with Crippen LogP contribution in [0.1, 0.15) is 5.56 Å². The van der Waals surface area contributed by atoms with Gasteiger partial charge in [0.15, 0.2) is 0 Å². The average molecular weight is 393 g/mol.